The monoisotopic (exact) mass is 482 g/mol. The fourth-order valence-electron chi connectivity index (χ4n) is 3.19. The van der Waals surface area contributed by atoms with E-state index in [9.17, 15) is 0 Å². The summed E-state index contributed by atoms with van der Waals surface area (Å²) in [6, 6.07) is 14.4. The van der Waals surface area contributed by atoms with Gasteiger partial charge in [0.1, 0.15) is 0 Å². The van der Waals surface area contributed by atoms with Gasteiger partial charge >= 0.3 is 187 Å². The van der Waals surface area contributed by atoms with Crippen LogP contribution in [0.1, 0.15) is 31.1 Å². The van der Waals surface area contributed by atoms with Crippen LogP contribution < -0.4 is 13.9 Å². The topological polar surface area (TPSA) is 46.2 Å². The van der Waals surface area contributed by atoms with Gasteiger partial charge in [-0.2, -0.15) is 0 Å². The Bertz CT molecular complexity index is 735. The third kappa shape index (κ3) is 7.29. The van der Waals surface area contributed by atoms with E-state index in [4.69, 9.17) is 23.7 Å². The molecule has 0 heterocycles. The van der Waals surface area contributed by atoms with Crippen LogP contribution in [0.2, 0.25) is 5.32 Å². The summed E-state index contributed by atoms with van der Waals surface area (Å²) in [5.74, 6) is 1.70. The summed E-state index contributed by atoms with van der Waals surface area (Å²) < 4.78 is 29.8. The second kappa shape index (κ2) is 13.0. The molecular weight excluding hydrogens is 447 g/mol. The zero-order valence-electron chi connectivity index (χ0n) is 18.8. The van der Waals surface area contributed by atoms with Gasteiger partial charge in [-0.3, -0.25) is 0 Å². The first-order valence-corrected chi connectivity index (χ1v) is 12.2. The molecule has 0 aliphatic carbocycles. The Morgan fingerprint density at radius 1 is 0.800 bits per heavy atom. The van der Waals surface area contributed by atoms with Crippen molar-refractivity contribution in [1.82, 2.24) is 0 Å². The quantitative estimate of drug-likeness (QED) is 0.406. The molecule has 0 aromatic heterocycles. The molecule has 1 unspecified atom stereocenters. The van der Waals surface area contributed by atoms with E-state index in [1.54, 1.807) is 21.3 Å². The van der Waals surface area contributed by atoms with Gasteiger partial charge in [-0.15, -0.1) is 0 Å². The Morgan fingerprint density at radius 3 is 1.87 bits per heavy atom. The summed E-state index contributed by atoms with van der Waals surface area (Å²) in [6.45, 7) is 7.20. The number of aryl methyl sites for hydroxylation is 1. The first-order chi connectivity index (χ1) is 14.5. The SMILES string of the molecule is COC[C@@H](C)Oc1cccc(O[C@H](C)COC)c1[Se]CC(OC)c1ccccc1C. The Morgan fingerprint density at radius 2 is 1.37 bits per heavy atom. The van der Waals surface area contributed by atoms with Crippen LogP contribution in [0.4, 0.5) is 0 Å². The number of ether oxygens (including phenoxy) is 5. The second-order valence-electron chi connectivity index (χ2n) is 7.24. The number of methoxy groups -OCH3 is 3. The van der Waals surface area contributed by atoms with E-state index in [2.05, 4.69) is 31.2 Å². The molecule has 5 nitrogen and oxygen atoms in total. The Labute approximate surface area is 187 Å². The summed E-state index contributed by atoms with van der Waals surface area (Å²) >= 11 is 0.0778. The minimum absolute atomic E-state index is 0.0277. The van der Waals surface area contributed by atoms with Gasteiger partial charge in [0.2, 0.25) is 0 Å². The van der Waals surface area contributed by atoms with Gasteiger partial charge in [0, 0.05) is 0 Å². The van der Waals surface area contributed by atoms with Crippen molar-refractivity contribution >= 4 is 19.4 Å². The van der Waals surface area contributed by atoms with E-state index in [1.807, 2.05) is 32.0 Å². The maximum absolute atomic E-state index is 6.20. The minimum atomic E-state index is -0.0502. The molecule has 2 aromatic rings. The van der Waals surface area contributed by atoms with Crippen LogP contribution >= 0.6 is 0 Å². The van der Waals surface area contributed by atoms with Crippen molar-refractivity contribution in [1.29, 1.82) is 0 Å². The molecule has 0 amide bonds. The van der Waals surface area contributed by atoms with Crippen LogP contribution in [0, 0.1) is 6.92 Å². The van der Waals surface area contributed by atoms with Gasteiger partial charge in [-0.05, 0) is 0 Å². The van der Waals surface area contributed by atoms with Crippen molar-refractivity contribution < 1.29 is 23.7 Å². The molecule has 0 saturated heterocycles. The average molecular weight is 481 g/mol. The normalized spacial score (nSPS) is 14.2. The maximum atomic E-state index is 6.20. The fraction of sp³-hybridized carbons (Fsp3) is 0.500. The molecule has 3 atom stereocenters. The van der Waals surface area contributed by atoms with Crippen molar-refractivity contribution in [2.24, 2.45) is 0 Å². The third-order valence-corrected chi connectivity index (χ3v) is 7.04. The standard InChI is InChI=1S/C24H34O5Se/c1-17-10-7-8-11-20(17)23(27-6)16-30-24-21(28-18(2)14-25-4)12-9-13-22(24)29-19(3)15-26-5/h7-13,18-19,23H,14-16H2,1-6H3/t18-,19-,23?/m1/s1. The fourth-order valence-corrected chi connectivity index (χ4v) is 5.60. The van der Waals surface area contributed by atoms with E-state index in [-0.39, 0.29) is 33.3 Å². The van der Waals surface area contributed by atoms with E-state index in [0.29, 0.717) is 13.2 Å². The number of rotatable bonds is 13. The van der Waals surface area contributed by atoms with E-state index in [0.717, 1.165) is 21.3 Å². The van der Waals surface area contributed by atoms with Crippen molar-refractivity contribution in [3.63, 3.8) is 0 Å². The summed E-state index contributed by atoms with van der Waals surface area (Å²) in [7, 11) is 5.14. The number of hydrogen-bond acceptors (Lipinski definition) is 5. The van der Waals surface area contributed by atoms with Crippen molar-refractivity contribution in [2.45, 2.75) is 44.4 Å². The second-order valence-corrected chi connectivity index (χ2v) is 9.40. The van der Waals surface area contributed by atoms with Crippen LogP contribution in [0.15, 0.2) is 42.5 Å². The molecule has 0 bridgehead atoms. The van der Waals surface area contributed by atoms with E-state index < -0.39 is 0 Å². The predicted molar refractivity (Wildman–Crippen MR) is 121 cm³/mol. The van der Waals surface area contributed by atoms with Crippen LogP contribution in [-0.2, 0) is 14.2 Å². The van der Waals surface area contributed by atoms with Gasteiger partial charge in [0.15, 0.2) is 0 Å². The molecule has 0 spiro atoms. The molecule has 0 fully saturated rings. The molecule has 0 aliphatic heterocycles. The first-order valence-electron chi connectivity index (χ1n) is 10.1. The molecular formula is C24H34O5Se. The van der Waals surface area contributed by atoms with Crippen molar-refractivity contribution in [2.75, 3.05) is 34.5 Å². The van der Waals surface area contributed by atoms with E-state index >= 15 is 0 Å². The molecule has 30 heavy (non-hydrogen) atoms. The van der Waals surface area contributed by atoms with Gasteiger partial charge in [-0.1, -0.05) is 0 Å². The van der Waals surface area contributed by atoms with Gasteiger partial charge in [-0.25, -0.2) is 0 Å². The Kier molecular flexibility index (Phi) is 10.7. The molecule has 6 heteroatoms. The summed E-state index contributed by atoms with van der Waals surface area (Å²) in [5, 5.41) is 0.877. The molecule has 0 saturated carbocycles. The van der Waals surface area contributed by atoms with E-state index in [1.165, 1.54) is 11.1 Å². The zero-order valence-corrected chi connectivity index (χ0v) is 20.6. The molecule has 2 rings (SSSR count). The summed E-state index contributed by atoms with van der Waals surface area (Å²) in [4.78, 5) is 0. The molecule has 2 aromatic carbocycles. The zero-order chi connectivity index (χ0) is 21.9. The van der Waals surface area contributed by atoms with Crippen molar-refractivity contribution in [3.05, 3.63) is 53.6 Å². The van der Waals surface area contributed by atoms with Crippen LogP contribution in [0.25, 0.3) is 0 Å². The molecule has 0 radical (unpaired) electrons. The van der Waals surface area contributed by atoms with Crippen LogP contribution in [-0.4, -0.2) is 61.7 Å². The Balaban J connectivity index is 2.27. The van der Waals surface area contributed by atoms with Gasteiger partial charge in [0.25, 0.3) is 0 Å². The number of benzene rings is 2. The first kappa shape index (κ1) is 24.7. The predicted octanol–water partition coefficient (Wildman–Crippen LogP) is 3.96. The molecule has 166 valence electrons. The van der Waals surface area contributed by atoms with Gasteiger partial charge in [0.05, 0.1) is 0 Å². The Hall–Kier alpha value is -1.56. The van der Waals surface area contributed by atoms with Crippen LogP contribution in [0.5, 0.6) is 11.5 Å². The summed E-state index contributed by atoms with van der Waals surface area (Å²) in [6.07, 6.45) is -0.0727. The summed E-state index contributed by atoms with van der Waals surface area (Å²) in [5.41, 5.74) is 2.46. The van der Waals surface area contributed by atoms with Crippen molar-refractivity contribution in [3.8, 4) is 11.5 Å². The van der Waals surface area contributed by atoms with Gasteiger partial charge < -0.3 is 0 Å². The number of hydrogen-bond donors (Lipinski definition) is 0. The van der Waals surface area contributed by atoms with Crippen LogP contribution in [0.3, 0.4) is 0 Å². The molecule has 0 aliphatic rings. The average Bonchev–Trinajstić information content (AvgIpc) is 2.71. The molecule has 0 N–H and O–H groups in total. The third-order valence-electron chi connectivity index (χ3n) is 4.60.